The summed E-state index contributed by atoms with van der Waals surface area (Å²) in [5, 5.41) is 6.90. The molecule has 0 aliphatic carbocycles. The Balaban J connectivity index is 1.90. The molecule has 0 spiro atoms. The van der Waals surface area contributed by atoms with Gasteiger partial charge in [0.2, 0.25) is 0 Å². The second-order valence-electron chi connectivity index (χ2n) is 5.89. The van der Waals surface area contributed by atoms with E-state index in [0.29, 0.717) is 22.1 Å². The van der Waals surface area contributed by atoms with Crippen LogP contribution in [0.15, 0.2) is 47.6 Å². The highest BCUT2D eigenvalue weighted by atomic mass is 32.1. The van der Waals surface area contributed by atoms with E-state index in [1.807, 2.05) is 43.3 Å². The fourth-order valence-electron chi connectivity index (χ4n) is 2.73. The van der Waals surface area contributed by atoms with Gasteiger partial charge in [0.15, 0.2) is 0 Å². The number of aromatic nitrogens is 2. The molecule has 138 valence electrons. The number of hydrogen-bond acceptors (Lipinski definition) is 6. The number of pyridine rings is 1. The van der Waals surface area contributed by atoms with Crippen LogP contribution in [0.5, 0.6) is 0 Å². The van der Waals surface area contributed by atoms with E-state index < -0.39 is 0 Å². The summed E-state index contributed by atoms with van der Waals surface area (Å²) in [4.78, 5) is 21.4. The van der Waals surface area contributed by atoms with Gasteiger partial charge in [0.1, 0.15) is 10.8 Å². The van der Waals surface area contributed by atoms with Gasteiger partial charge in [-0.25, -0.2) is 4.98 Å². The van der Waals surface area contributed by atoms with Crippen molar-refractivity contribution in [3.05, 3.63) is 65.0 Å². The van der Waals surface area contributed by atoms with Crippen LogP contribution in [-0.2, 0) is 6.42 Å². The van der Waals surface area contributed by atoms with Crippen molar-refractivity contribution >= 4 is 40.2 Å². The van der Waals surface area contributed by atoms with Crippen LogP contribution >= 0.6 is 11.5 Å². The SMILES string of the molecule is CCc1ccccc1NC(=O)c1c(C)nsc1Nc1ncccc1C=NC. The summed E-state index contributed by atoms with van der Waals surface area (Å²) in [5.41, 5.74) is 3.95. The van der Waals surface area contributed by atoms with Gasteiger partial charge in [-0.1, -0.05) is 25.1 Å². The standard InChI is InChI=1S/C20H21N5OS/c1-4-14-8-5-6-10-16(14)23-19(26)17-13(2)25-27-20(17)24-18-15(12-21-3)9-7-11-22-18/h5-12H,4H2,1-3H3,(H,22,24)(H,23,26). The Morgan fingerprint density at radius 1 is 1.26 bits per heavy atom. The van der Waals surface area contributed by atoms with Crippen molar-refractivity contribution in [1.82, 2.24) is 9.36 Å². The molecule has 2 heterocycles. The van der Waals surface area contributed by atoms with Gasteiger partial charge >= 0.3 is 0 Å². The first-order valence-electron chi connectivity index (χ1n) is 8.63. The maximum absolute atomic E-state index is 13.0. The van der Waals surface area contributed by atoms with E-state index >= 15 is 0 Å². The van der Waals surface area contributed by atoms with E-state index in [1.54, 1.807) is 19.5 Å². The average molecular weight is 379 g/mol. The van der Waals surface area contributed by atoms with E-state index in [0.717, 1.165) is 23.2 Å². The van der Waals surface area contributed by atoms with Crippen molar-refractivity contribution in [1.29, 1.82) is 0 Å². The number of aliphatic imine (C=N–C) groups is 1. The van der Waals surface area contributed by atoms with Crippen LogP contribution in [0.25, 0.3) is 0 Å². The molecule has 3 aromatic rings. The number of benzene rings is 1. The first kappa shape index (κ1) is 18.7. The summed E-state index contributed by atoms with van der Waals surface area (Å²) in [6.07, 6.45) is 4.26. The zero-order chi connectivity index (χ0) is 19.2. The Labute approximate surface area is 162 Å². The number of hydrogen-bond donors (Lipinski definition) is 2. The topological polar surface area (TPSA) is 79.3 Å². The lowest BCUT2D eigenvalue weighted by Crippen LogP contribution is -2.15. The van der Waals surface area contributed by atoms with Crippen molar-refractivity contribution in [2.75, 3.05) is 17.7 Å². The van der Waals surface area contributed by atoms with E-state index in [2.05, 4.69) is 31.9 Å². The molecule has 0 fully saturated rings. The molecule has 2 aromatic heterocycles. The van der Waals surface area contributed by atoms with E-state index in [-0.39, 0.29) is 5.91 Å². The highest BCUT2D eigenvalue weighted by Gasteiger charge is 2.20. The third-order valence-electron chi connectivity index (χ3n) is 4.08. The first-order valence-corrected chi connectivity index (χ1v) is 9.41. The molecule has 0 atom stereocenters. The molecule has 2 N–H and O–H groups in total. The number of aryl methyl sites for hydroxylation is 2. The fraction of sp³-hybridized carbons (Fsp3) is 0.200. The molecule has 0 unspecified atom stereocenters. The van der Waals surface area contributed by atoms with Crippen LogP contribution in [0.2, 0.25) is 0 Å². The largest absolute Gasteiger partial charge is 0.329 e. The smallest absolute Gasteiger partial charge is 0.260 e. The number of nitrogens with zero attached hydrogens (tertiary/aromatic N) is 3. The lowest BCUT2D eigenvalue weighted by atomic mass is 10.1. The first-order chi connectivity index (χ1) is 13.1. The van der Waals surface area contributed by atoms with Gasteiger partial charge in [0.25, 0.3) is 5.91 Å². The Hall–Kier alpha value is -3.06. The molecule has 3 rings (SSSR count). The normalized spacial score (nSPS) is 10.9. The number of para-hydroxylation sites is 1. The van der Waals surface area contributed by atoms with Gasteiger partial charge < -0.3 is 10.6 Å². The molecule has 6 nitrogen and oxygen atoms in total. The van der Waals surface area contributed by atoms with E-state index in [9.17, 15) is 4.79 Å². The van der Waals surface area contributed by atoms with Gasteiger partial charge in [0.05, 0.1) is 11.3 Å². The molecule has 0 aliphatic rings. The van der Waals surface area contributed by atoms with Gasteiger partial charge in [-0.05, 0) is 48.6 Å². The molecular formula is C20H21N5OS. The number of carbonyl (C=O) groups excluding carboxylic acids is 1. The van der Waals surface area contributed by atoms with Crippen molar-refractivity contribution in [3.63, 3.8) is 0 Å². The Morgan fingerprint density at radius 2 is 2.07 bits per heavy atom. The molecule has 1 aromatic carbocycles. The van der Waals surface area contributed by atoms with Crippen LogP contribution in [0.3, 0.4) is 0 Å². The zero-order valence-corrected chi connectivity index (χ0v) is 16.3. The summed E-state index contributed by atoms with van der Waals surface area (Å²) in [7, 11) is 1.71. The molecule has 0 radical (unpaired) electrons. The Morgan fingerprint density at radius 3 is 2.85 bits per heavy atom. The minimum Gasteiger partial charge on any atom is -0.329 e. The van der Waals surface area contributed by atoms with Gasteiger partial charge in [-0.2, -0.15) is 4.37 Å². The maximum atomic E-state index is 13.0. The zero-order valence-electron chi connectivity index (χ0n) is 15.5. The molecule has 0 saturated carbocycles. The fourth-order valence-corrected chi connectivity index (χ4v) is 3.52. The summed E-state index contributed by atoms with van der Waals surface area (Å²) < 4.78 is 4.35. The predicted octanol–water partition coefficient (Wildman–Crippen LogP) is 4.45. The summed E-state index contributed by atoms with van der Waals surface area (Å²) in [5.74, 6) is 0.445. The number of amides is 1. The minimum absolute atomic E-state index is 0.189. The minimum atomic E-state index is -0.189. The lowest BCUT2D eigenvalue weighted by molar-refractivity contribution is 0.102. The van der Waals surface area contributed by atoms with Crippen molar-refractivity contribution in [3.8, 4) is 0 Å². The molecule has 27 heavy (non-hydrogen) atoms. The molecule has 0 saturated heterocycles. The van der Waals surface area contributed by atoms with Crippen LogP contribution in [0.4, 0.5) is 16.5 Å². The Bertz CT molecular complexity index is 980. The third kappa shape index (κ3) is 4.20. The molecule has 7 heteroatoms. The Kier molecular flexibility index (Phi) is 5.93. The summed E-state index contributed by atoms with van der Waals surface area (Å²) in [6.45, 7) is 3.89. The van der Waals surface area contributed by atoms with Gasteiger partial charge in [0, 0.05) is 30.7 Å². The number of rotatable bonds is 6. The van der Waals surface area contributed by atoms with Crippen LogP contribution in [0, 0.1) is 6.92 Å². The van der Waals surface area contributed by atoms with E-state index in [4.69, 9.17) is 0 Å². The monoisotopic (exact) mass is 379 g/mol. The third-order valence-corrected chi connectivity index (χ3v) is 4.93. The molecular weight excluding hydrogens is 358 g/mol. The second-order valence-corrected chi connectivity index (χ2v) is 6.66. The summed E-state index contributed by atoms with van der Waals surface area (Å²) >= 11 is 1.24. The number of carbonyl (C=O) groups is 1. The van der Waals surface area contributed by atoms with Crippen LogP contribution < -0.4 is 10.6 Å². The quantitative estimate of drug-likeness (QED) is 0.620. The summed E-state index contributed by atoms with van der Waals surface area (Å²) in [6, 6.07) is 11.6. The molecule has 0 bridgehead atoms. The maximum Gasteiger partial charge on any atom is 0.260 e. The van der Waals surface area contributed by atoms with Crippen molar-refractivity contribution in [2.24, 2.45) is 4.99 Å². The predicted molar refractivity (Wildman–Crippen MR) is 112 cm³/mol. The average Bonchev–Trinajstić information content (AvgIpc) is 3.04. The highest BCUT2D eigenvalue weighted by molar-refractivity contribution is 7.10. The number of nitrogens with one attached hydrogen (secondary N) is 2. The molecule has 0 aliphatic heterocycles. The highest BCUT2D eigenvalue weighted by Crippen LogP contribution is 2.29. The van der Waals surface area contributed by atoms with Crippen LogP contribution in [-0.4, -0.2) is 28.5 Å². The second kappa shape index (κ2) is 8.55. The van der Waals surface area contributed by atoms with Crippen LogP contribution in [0.1, 0.15) is 34.1 Å². The lowest BCUT2D eigenvalue weighted by Gasteiger charge is -2.11. The molecule has 1 amide bonds. The van der Waals surface area contributed by atoms with E-state index in [1.165, 1.54) is 11.5 Å². The van der Waals surface area contributed by atoms with Crippen molar-refractivity contribution in [2.45, 2.75) is 20.3 Å². The van der Waals surface area contributed by atoms with Gasteiger partial charge in [-0.15, -0.1) is 0 Å². The number of anilines is 3. The van der Waals surface area contributed by atoms with Crippen molar-refractivity contribution < 1.29 is 4.79 Å². The van der Waals surface area contributed by atoms with Gasteiger partial charge in [-0.3, -0.25) is 9.79 Å².